The highest BCUT2D eigenvalue weighted by Crippen LogP contribution is 2.24. The van der Waals surface area contributed by atoms with E-state index in [4.69, 9.17) is 11.6 Å². The van der Waals surface area contributed by atoms with Gasteiger partial charge in [0.2, 0.25) is 0 Å². The van der Waals surface area contributed by atoms with Crippen LogP contribution in [0.4, 0.5) is 10.5 Å². The first-order valence-electron chi connectivity index (χ1n) is 6.81. The molecule has 1 heterocycles. The molecule has 7 heteroatoms. The molecule has 0 saturated carbocycles. The lowest BCUT2D eigenvalue weighted by Crippen LogP contribution is -3.16. The van der Waals surface area contributed by atoms with Gasteiger partial charge in [-0.1, -0.05) is 23.7 Å². The number of benzene rings is 1. The van der Waals surface area contributed by atoms with Gasteiger partial charge in [0.1, 0.15) is 0 Å². The second-order valence-corrected chi connectivity index (χ2v) is 5.31. The molecule has 6 nitrogen and oxygen atoms in total. The monoisotopic (exact) mass is 312 g/mol. The first kappa shape index (κ1) is 15.6. The zero-order valence-corrected chi connectivity index (χ0v) is 12.7. The fourth-order valence-corrected chi connectivity index (χ4v) is 2.64. The van der Waals surface area contributed by atoms with E-state index >= 15 is 0 Å². The topological polar surface area (TPSA) is 63.1 Å². The molecule has 2 rings (SSSR count). The first-order valence-corrected chi connectivity index (χ1v) is 7.19. The van der Waals surface area contributed by atoms with Crippen molar-refractivity contribution in [2.24, 2.45) is 0 Å². The van der Waals surface area contributed by atoms with Crippen molar-refractivity contribution in [2.75, 3.05) is 44.7 Å². The third kappa shape index (κ3) is 4.34. The van der Waals surface area contributed by atoms with E-state index in [0.717, 1.165) is 41.8 Å². The van der Waals surface area contributed by atoms with Crippen molar-refractivity contribution >= 4 is 29.3 Å². The zero-order valence-electron chi connectivity index (χ0n) is 11.9. The smallest absolute Gasteiger partial charge is 0.413 e. The molecule has 0 aliphatic carbocycles. The van der Waals surface area contributed by atoms with Gasteiger partial charge in [-0.05, 0) is 12.1 Å². The highest BCUT2D eigenvalue weighted by atomic mass is 35.5. The van der Waals surface area contributed by atoms with E-state index in [9.17, 15) is 9.59 Å². The molecule has 1 aliphatic rings. The summed E-state index contributed by atoms with van der Waals surface area (Å²) in [6.07, 6.45) is -0.714. The molecule has 1 aromatic rings. The molecule has 0 atom stereocenters. The number of nitrogens with one attached hydrogen (secondary N) is 2. The summed E-state index contributed by atoms with van der Waals surface area (Å²) in [6, 6.07) is 7.74. The Morgan fingerprint density at radius 2 is 2.00 bits per heavy atom. The van der Waals surface area contributed by atoms with E-state index in [1.165, 1.54) is 7.11 Å². The Bertz CT molecular complexity index is 516. The number of piperazine rings is 1. The van der Waals surface area contributed by atoms with Crippen LogP contribution in [0.3, 0.4) is 0 Å². The number of alkyl carbamates (subject to hydrolysis) is 1. The first-order chi connectivity index (χ1) is 10.1. The van der Waals surface area contributed by atoms with Gasteiger partial charge in [-0.2, -0.15) is 0 Å². The zero-order chi connectivity index (χ0) is 15.2. The number of methoxy groups -OCH3 is 1. The van der Waals surface area contributed by atoms with Crippen LogP contribution in [0.25, 0.3) is 0 Å². The lowest BCUT2D eigenvalue weighted by molar-refractivity contribution is -0.892. The van der Waals surface area contributed by atoms with E-state index < -0.39 is 6.09 Å². The van der Waals surface area contributed by atoms with Gasteiger partial charge in [0.05, 0.1) is 44.0 Å². The van der Waals surface area contributed by atoms with Crippen LogP contribution >= 0.6 is 11.6 Å². The largest absolute Gasteiger partial charge is 0.453 e. The molecule has 1 aromatic carbocycles. The van der Waals surface area contributed by atoms with Crippen LogP contribution in [0.2, 0.25) is 5.02 Å². The fourth-order valence-electron chi connectivity index (χ4n) is 2.38. The van der Waals surface area contributed by atoms with Gasteiger partial charge in [0, 0.05) is 0 Å². The number of anilines is 1. The van der Waals surface area contributed by atoms with Crippen molar-refractivity contribution in [3.63, 3.8) is 0 Å². The van der Waals surface area contributed by atoms with Crippen LogP contribution in [0.15, 0.2) is 24.3 Å². The second kappa shape index (κ2) is 7.28. The van der Waals surface area contributed by atoms with Crippen LogP contribution < -0.4 is 15.1 Å². The van der Waals surface area contributed by atoms with Gasteiger partial charge >= 0.3 is 6.09 Å². The maximum atomic E-state index is 11.6. The number of imide groups is 1. The summed E-state index contributed by atoms with van der Waals surface area (Å²) in [5.74, 6) is -0.317. The Morgan fingerprint density at radius 1 is 1.33 bits per heavy atom. The predicted octanol–water partition coefficient (Wildman–Crippen LogP) is -0.0725. The summed E-state index contributed by atoms with van der Waals surface area (Å²) in [6.45, 7) is 3.56. The molecule has 21 heavy (non-hydrogen) atoms. The SMILES string of the molecule is COC(=O)NC(=O)C[NH+]1CCN(c2ccccc2Cl)CC1. The number of ether oxygens (including phenoxy) is 1. The average Bonchev–Trinajstić information content (AvgIpc) is 2.48. The van der Waals surface area contributed by atoms with Gasteiger partial charge in [0.15, 0.2) is 6.54 Å². The second-order valence-electron chi connectivity index (χ2n) is 4.90. The van der Waals surface area contributed by atoms with E-state index in [1.54, 1.807) is 0 Å². The third-order valence-corrected chi connectivity index (χ3v) is 3.82. The molecule has 114 valence electrons. The van der Waals surface area contributed by atoms with Crippen LogP contribution in [0.1, 0.15) is 0 Å². The van der Waals surface area contributed by atoms with Crippen LogP contribution in [0.5, 0.6) is 0 Å². The van der Waals surface area contributed by atoms with Gasteiger partial charge in [-0.25, -0.2) is 4.79 Å². The van der Waals surface area contributed by atoms with E-state index in [0.29, 0.717) is 0 Å². The van der Waals surface area contributed by atoms with Gasteiger partial charge in [-0.15, -0.1) is 0 Å². The average molecular weight is 313 g/mol. The van der Waals surface area contributed by atoms with E-state index in [-0.39, 0.29) is 12.5 Å². The molecule has 1 saturated heterocycles. The Hall–Kier alpha value is -1.79. The van der Waals surface area contributed by atoms with Gasteiger partial charge in [-0.3, -0.25) is 10.1 Å². The maximum absolute atomic E-state index is 11.6. The van der Waals surface area contributed by atoms with Crippen LogP contribution in [-0.2, 0) is 9.53 Å². The highest BCUT2D eigenvalue weighted by Gasteiger charge is 2.23. The third-order valence-electron chi connectivity index (χ3n) is 3.50. The molecule has 0 aromatic heterocycles. The lowest BCUT2D eigenvalue weighted by Gasteiger charge is -2.33. The Kier molecular flexibility index (Phi) is 5.41. The number of hydrogen-bond acceptors (Lipinski definition) is 4. The number of hydrogen-bond donors (Lipinski definition) is 2. The summed E-state index contributed by atoms with van der Waals surface area (Å²) < 4.78 is 4.40. The minimum atomic E-state index is -0.714. The summed E-state index contributed by atoms with van der Waals surface area (Å²) >= 11 is 6.19. The van der Waals surface area contributed by atoms with Crippen molar-refractivity contribution in [2.45, 2.75) is 0 Å². The summed E-state index contributed by atoms with van der Waals surface area (Å²) in [7, 11) is 1.23. The number of carbonyl (C=O) groups excluding carboxylic acids is 2. The predicted molar refractivity (Wildman–Crippen MR) is 79.8 cm³/mol. The normalized spacial score (nSPS) is 15.6. The fraction of sp³-hybridized carbons (Fsp3) is 0.429. The summed E-state index contributed by atoms with van der Waals surface area (Å²) in [5.41, 5.74) is 1.03. The van der Waals surface area contributed by atoms with E-state index in [1.807, 2.05) is 24.3 Å². The molecule has 1 fully saturated rings. The number of amides is 2. The maximum Gasteiger partial charge on any atom is 0.413 e. The van der Waals surface area contributed by atoms with Crippen LogP contribution in [0, 0.1) is 0 Å². The number of quaternary nitrogens is 1. The number of nitrogens with zero attached hydrogens (tertiary/aromatic N) is 1. The molecule has 0 radical (unpaired) electrons. The van der Waals surface area contributed by atoms with Crippen LogP contribution in [-0.4, -0.2) is 51.8 Å². The summed E-state index contributed by atoms with van der Waals surface area (Å²) in [4.78, 5) is 25.9. The molecule has 2 amide bonds. The van der Waals surface area contributed by atoms with Crippen molar-refractivity contribution in [3.8, 4) is 0 Å². The number of carbonyl (C=O) groups is 2. The lowest BCUT2D eigenvalue weighted by atomic mass is 10.2. The van der Waals surface area contributed by atoms with Crippen molar-refractivity contribution in [3.05, 3.63) is 29.3 Å². The van der Waals surface area contributed by atoms with E-state index in [2.05, 4.69) is 15.0 Å². The van der Waals surface area contributed by atoms with Gasteiger partial charge in [0.25, 0.3) is 5.91 Å². The molecule has 1 aliphatic heterocycles. The minimum absolute atomic E-state index is 0.269. The standard InChI is InChI=1S/C14H18ClN3O3/c1-21-14(20)16-13(19)10-17-6-8-18(9-7-17)12-5-3-2-4-11(12)15/h2-5H,6-10H2,1H3,(H,16,19,20)/p+1. The molecule has 2 N–H and O–H groups in total. The molecular formula is C14H19ClN3O3+. The van der Waals surface area contributed by atoms with Crippen molar-refractivity contribution in [1.29, 1.82) is 0 Å². The Balaban J connectivity index is 1.82. The Labute approximate surface area is 128 Å². The molecule has 0 spiro atoms. The Morgan fingerprint density at radius 3 is 2.62 bits per heavy atom. The quantitative estimate of drug-likeness (QED) is 0.820. The molecule has 0 unspecified atom stereocenters. The minimum Gasteiger partial charge on any atom is -0.453 e. The van der Waals surface area contributed by atoms with Crippen molar-refractivity contribution in [1.82, 2.24) is 5.32 Å². The number of halogens is 1. The van der Waals surface area contributed by atoms with Gasteiger partial charge < -0.3 is 14.5 Å². The summed E-state index contributed by atoms with van der Waals surface area (Å²) in [5, 5.41) is 2.91. The number of rotatable bonds is 3. The highest BCUT2D eigenvalue weighted by molar-refractivity contribution is 6.33. The number of para-hydroxylation sites is 1. The molecular weight excluding hydrogens is 294 g/mol. The molecule has 0 bridgehead atoms. The van der Waals surface area contributed by atoms with Crippen molar-refractivity contribution < 1.29 is 19.2 Å².